The molecule has 72 valence electrons. The first-order valence-corrected chi connectivity index (χ1v) is 4.18. The summed E-state index contributed by atoms with van der Waals surface area (Å²) in [5.41, 5.74) is 0.136. The average Bonchev–Trinajstić information content (AvgIpc) is 2.14. The Morgan fingerprint density at radius 3 is 2.71 bits per heavy atom. The van der Waals surface area contributed by atoms with Gasteiger partial charge in [-0.25, -0.2) is 0 Å². The van der Waals surface area contributed by atoms with Crippen molar-refractivity contribution in [2.75, 3.05) is 0 Å². The van der Waals surface area contributed by atoms with Crippen LogP contribution in [-0.4, -0.2) is 27.9 Å². The first kappa shape index (κ1) is 8.90. The number of hydrogen-bond acceptors (Lipinski definition) is 4. The van der Waals surface area contributed by atoms with E-state index in [9.17, 15) is 19.8 Å². The molecule has 0 bridgehead atoms. The van der Waals surface area contributed by atoms with E-state index in [-0.39, 0.29) is 23.3 Å². The molecule has 0 spiro atoms. The molecule has 0 heterocycles. The summed E-state index contributed by atoms with van der Waals surface area (Å²) in [7, 11) is 0. The molecule has 0 aliphatic heterocycles. The minimum atomic E-state index is -1.27. The minimum Gasteiger partial charge on any atom is -0.507 e. The van der Waals surface area contributed by atoms with Crippen molar-refractivity contribution in [3.8, 4) is 5.75 Å². The molecule has 14 heavy (non-hydrogen) atoms. The van der Waals surface area contributed by atoms with Crippen molar-refractivity contribution in [1.82, 2.24) is 0 Å². The van der Waals surface area contributed by atoms with Gasteiger partial charge in [0.05, 0.1) is 5.56 Å². The number of rotatable bonds is 0. The van der Waals surface area contributed by atoms with Crippen molar-refractivity contribution in [2.45, 2.75) is 12.5 Å². The van der Waals surface area contributed by atoms with E-state index in [1.54, 1.807) is 0 Å². The number of carbonyl (C=O) groups is 2. The topological polar surface area (TPSA) is 74.6 Å². The third-order valence-electron chi connectivity index (χ3n) is 2.27. The van der Waals surface area contributed by atoms with Crippen molar-refractivity contribution in [3.05, 3.63) is 29.3 Å². The summed E-state index contributed by atoms with van der Waals surface area (Å²) in [6, 6.07) is 4.25. The fraction of sp³-hybridized carbons (Fsp3) is 0.200. The molecule has 0 amide bonds. The summed E-state index contributed by atoms with van der Waals surface area (Å²) >= 11 is 0. The van der Waals surface area contributed by atoms with Gasteiger partial charge in [0.15, 0.2) is 11.6 Å². The van der Waals surface area contributed by atoms with Crippen LogP contribution in [0.4, 0.5) is 0 Å². The van der Waals surface area contributed by atoms with E-state index in [4.69, 9.17) is 0 Å². The zero-order chi connectivity index (χ0) is 10.3. The predicted molar refractivity (Wildman–Crippen MR) is 47.4 cm³/mol. The number of ketones is 2. The van der Waals surface area contributed by atoms with Crippen LogP contribution in [0.5, 0.6) is 5.75 Å². The largest absolute Gasteiger partial charge is 0.507 e. The molecule has 1 atom stereocenters. The quantitative estimate of drug-likeness (QED) is 0.628. The molecule has 2 rings (SSSR count). The molecule has 1 aromatic carbocycles. The smallest absolute Gasteiger partial charge is 0.192 e. The highest BCUT2D eigenvalue weighted by atomic mass is 16.3. The zero-order valence-corrected chi connectivity index (χ0v) is 7.23. The van der Waals surface area contributed by atoms with E-state index in [0.717, 1.165) is 0 Å². The number of Topliss-reactive ketones (excluding diaryl/α,β-unsaturated/α-hetero) is 2. The van der Waals surface area contributed by atoms with Gasteiger partial charge in [-0.15, -0.1) is 0 Å². The lowest BCUT2D eigenvalue weighted by atomic mass is 9.87. The van der Waals surface area contributed by atoms with E-state index in [1.807, 2.05) is 0 Å². The second-order valence-corrected chi connectivity index (χ2v) is 3.21. The van der Waals surface area contributed by atoms with Crippen LogP contribution in [0.1, 0.15) is 27.1 Å². The van der Waals surface area contributed by atoms with Crippen LogP contribution < -0.4 is 0 Å². The molecule has 4 heteroatoms. The number of phenolic OH excluding ortho intramolecular Hbond substituents is 1. The molecule has 2 N–H and O–H groups in total. The van der Waals surface area contributed by atoms with Gasteiger partial charge in [-0.1, -0.05) is 12.1 Å². The standard InChI is InChI=1S/C10H8O4/c11-6-3-1-2-5-9(6)7(12)4-8(13)10(5)14/h1-3,8,11,13H,4H2. The summed E-state index contributed by atoms with van der Waals surface area (Å²) in [6.45, 7) is 0. The summed E-state index contributed by atoms with van der Waals surface area (Å²) < 4.78 is 0. The van der Waals surface area contributed by atoms with Gasteiger partial charge in [0.1, 0.15) is 11.9 Å². The highest BCUT2D eigenvalue weighted by molar-refractivity contribution is 6.17. The van der Waals surface area contributed by atoms with Crippen LogP contribution in [-0.2, 0) is 0 Å². The molecular formula is C10H8O4. The van der Waals surface area contributed by atoms with E-state index < -0.39 is 17.7 Å². The van der Waals surface area contributed by atoms with Crippen LogP contribution >= 0.6 is 0 Å². The Kier molecular flexibility index (Phi) is 1.86. The number of aliphatic hydroxyl groups excluding tert-OH is 1. The lowest BCUT2D eigenvalue weighted by Crippen LogP contribution is -2.31. The molecule has 1 aliphatic rings. The molecule has 0 radical (unpaired) electrons. The fourth-order valence-corrected chi connectivity index (χ4v) is 1.59. The lowest BCUT2D eigenvalue weighted by Gasteiger charge is -2.18. The highest BCUT2D eigenvalue weighted by Crippen LogP contribution is 2.28. The number of hydrogen-bond donors (Lipinski definition) is 2. The van der Waals surface area contributed by atoms with Crippen LogP contribution in [0.2, 0.25) is 0 Å². The van der Waals surface area contributed by atoms with Crippen molar-refractivity contribution >= 4 is 11.6 Å². The maximum atomic E-state index is 11.4. The van der Waals surface area contributed by atoms with Crippen LogP contribution in [0, 0.1) is 0 Å². The van der Waals surface area contributed by atoms with E-state index >= 15 is 0 Å². The Morgan fingerprint density at radius 1 is 1.29 bits per heavy atom. The van der Waals surface area contributed by atoms with Gasteiger partial charge < -0.3 is 10.2 Å². The number of carbonyl (C=O) groups excluding carboxylic acids is 2. The first-order valence-electron chi connectivity index (χ1n) is 4.18. The number of aliphatic hydroxyl groups is 1. The van der Waals surface area contributed by atoms with Gasteiger partial charge in [0.25, 0.3) is 0 Å². The maximum Gasteiger partial charge on any atom is 0.192 e. The van der Waals surface area contributed by atoms with E-state index in [0.29, 0.717) is 0 Å². The Balaban J connectivity index is 2.67. The molecule has 0 fully saturated rings. The third-order valence-corrected chi connectivity index (χ3v) is 2.27. The molecule has 4 nitrogen and oxygen atoms in total. The number of benzene rings is 1. The zero-order valence-electron chi connectivity index (χ0n) is 7.23. The average molecular weight is 192 g/mol. The van der Waals surface area contributed by atoms with E-state index in [2.05, 4.69) is 0 Å². The fourth-order valence-electron chi connectivity index (χ4n) is 1.59. The van der Waals surface area contributed by atoms with Crippen molar-refractivity contribution < 1.29 is 19.8 Å². The molecular weight excluding hydrogens is 184 g/mol. The van der Waals surface area contributed by atoms with Crippen molar-refractivity contribution in [1.29, 1.82) is 0 Å². The van der Waals surface area contributed by atoms with Gasteiger partial charge in [-0.05, 0) is 6.07 Å². The maximum absolute atomic E-state index is 11.4. The number of phenols is 1. The number of fused-ring (bicyclic) bond motifs is 1. The van der Waals surface area contributed by atoms with E-state index in [1.165, 1.54) is 18.2 Å². The Labute approximate surface area is 79.8 Å². The van der Waals surface area contributed by atoms with Gasteiger partial charge in [-0.2, -0.15) is 0 Å². The van der Waals surface area contributed by atoms with Crippen LogP contribution in [0.25, 0.3) is 0 Å². The number of aromatic hydroxyl groups is 1. The summed E-state index contributed by atoms with van der Waals surface area (Å²) in [6.07, 6.45) is -1.51. The van der Waals surface area contributed by atoms with Crippen molar-refractivity contribution in [2.24, 2.45) is 0 Å². The Hall–Kier alpha value is -1.68. The molecule has 1 aliphatic carbocycles. The Bertz CT molecular complexity index is 422. The summed E-state index contributed by atoms with van der Waals surface area (Å²) in [5, 5.41) is 18.6. The molecule has 0 aromatic heterocycles. The molecule has 1 aromatic rings. The normalized spacial score (nSPS) is 20.8. The summed E-state index contributed by atoms with van der Waals surface area (Å²) in [5.74, 6) is -1.10. The van der Waals surface area contributed by atoms with Crippen molar-refractivity contribution in [3.63, 3.8) is 0 Å². The molecule has 1 unspecified atom stereocenters. The Morgan fingerprint density at radius 2 is 2.00 bits per heavy atom. The third kappa shape index (κ3) is 1.12. The SMILES string of the molecule is O=C1CC(O)C(=O)c2cccc(O)c21. The second kappa shape index (κ2) is 2.92. The van der Waals surface area contributed by atoms with Crippen LogP contribution in [0.3, 0.4) is 0 Å². The van der Waals surface area contributed by atoms with Crippen LogP contribution in [0.15, 0.2) is 18.2 Å². The van der Waals surface area contributed by atoms with Gasteiger partial charge in [-0.3, -0.25) is 9.59 Å². The molecule has 0 saturated heterocycles. The van der Waals surface area contributed by atoms with Gasteiger partial charge >= 0.3 is 0 Å². The first-order chi connectivity index (χ1) is 6.61. The minimum absolute atomic E-state index is 0.0304. The molecule has 0 saturated carbocycles. The highest BCUT2D eigenvalue weighted by Gasteiger charge is 2.32. The predicted octanol–water partition coefficient (Wildman–Crippen LogP) is 0.522. The lowest BCUT2D eigenvalue weighted by molar-refractivity contribution is 0.0651. The van der Waals surface area contributed by atoms with Gasteiger partial charge in [0, 0.05) is 12.0 Å². The van der Waals surface area contributed by atoms with Gasteiger partial charge in [0.2, 0.25) is 0 Å². The monoisotopic (exact) mass is 192 g/mol. The second-order valence-electron chi connectivity index (χ2n) is 3.21. The summed E-state index contributed by atoms with van der Waals surface area (Å²) in [4.78, 5) is 22.8.